The van der Waals surface area contributed by atoms with Gasteiger partial charge in [-0.15, -0.1) is 0 Å². The number of carbonyl (C=O) groups is 2. The third kappa shape index (κ3) is 3.79. The number of ether oxygens (including phenoxy) is 1. The normalized spacial score (nSPS) is 23.1. The highest BCUT2D eigenvalue weighted by Crippen LogP contribution is 2.36. The van der Waals surface area contributed by atoms with Crippen LogP contribution in [0.15, 0.2) is 0 Å². The Morgan fingerprint density at radius 1 is 1.05 bits per heavy atom. The van der Waals surface area contributed by atoms with Crippen molar-refractivity contribution in [1.29, 1.82) is 5.26 Å². The lowest BCUT2D eigenvalue weighted by molar-refractivity contribution is -0.167. The van der Waals surface area contributed by atoms with E-state index in [1.165, 1.54) is 13.3 Å². The molecule has 2 aliphatic rings. The fraction of sp³-hybridized carbons (Fsp3) is 0.824. The minimum absolute atomic E-state index is 0.105. The van der Waals surface area contributed by atoms with Gasteiger partial charge >= 0.3 is 5.97 Å². The molecule has 0 radical (unpaired) electrons. The number of nitriles is 1. The Kier molecular flexibility index (Phi) is 5.82. The van der Waals surface area contributed by atoms with E-state index in [0.717, 1.165) is 57.8 Å². The maximum atomic E-state index is 12.8. The number of esters is 1. The van der Waals surface area contributed by atoms with E-state index in [1.54, 1.807) is 0 Å². The van der Waals surface area contributed by atoms with Crippen LogP contribution in [0.25, 0.3) is 0 Å². The Bertz CT molecular complexity index is 445. The molecule has 2 saturated carbocycles. The minimum Gasteiger partial charge on any atom is -0.434 e. The molecule has 0 aliphatic heterocycles. The zero-order chi connectivity index (χ0) is 16.0. The molecule has 2 aliphatic carbocycles. The van der Waals surface area contributed by atoms with Gasteiger partial charge in [-0.25, -0.2) is 0 Å². The fourth-order valence-corrected chi connectivity index (χ4v) is 3.76. The molecule has 122 valence electrons. The lowest BCUT2D eigenvalue weighted by Gasteiger charge is -2.36. The number of nitrogens with one attached hydrogen (secondary N) is 1. The molecule has 2 fully saturated rings. The van der Waals surface area contributed by atoms with Crippen LogP contribution < -0.4 is 5.32 Å². The standard InChI is InChI=1S/C17H26N2O3/c1-13(20)22-17(12-18,14-8-4-2-5-9-14)16(21)19-15-10-6-3-7-11-15/h14-15H,2-11H2,1H3,(H,19,21). The second kappa shape index (κ2) is 7.62. The maximum absolute atomic E-state index is 12.8. The van der Waals surface area contributed by atoms with Crippen LogP contribution in [-0.4, -0.2) is 23.5 Å². The summed E-state index contributed by atoms with van der Waals surface area (Å²) in [5, 5.41) is 12.7. The molecular formula is C17H26N2O3. The van der Waals surface area contributed by atoms with Crippen molar-refractivity contribution in [2.24, 2.45) is 5.92 Å². The van der Waals surface area contributed by atoms with Crippen molar-refractivity contribution >= 4 is 11.9 Å². The Hall–Kier alpha value is -1.57. The van der Waals surface area contributed by atoms with Crippen LogP contribution in [0, 0.1) is 17.2 Å². The lowest BCUT2D eigenvalue weighted by Crippen LogP contribution is -2.56. The molecule has 0 aromatic heterocycles. The molecule has 1 N–H and O–H groups in total. The predicted octanol–water partition coefficient (Wildman–Crippen LogP) is 2.84. The highest BCUT2D eigenvalue weighted by atomic mass is 16.6. The Morgan fingerprint density at radius 3 is 2.09 bits per heavy atom. The average molecular weight is 306 g/mol. The van der Waals surface area contributed by atoms with Crippen LogP contribution in [0.1, 0.15) is 71.1 Å². The zero-order valence-electron chi connectivity index (χ0n) is 13.4. The van der Waals surface area contributed by atoms with Gasteiger partial charge in [-0.3, -0.25) is 9.59 Å². The summed E-state index contributed by atoms with van der Waals surface area (Å²) >= 11 is 0. The molecule has 0 saturated heterocycles. The summed E-state index contributed by atoms with van der Waals surface area (Å²) in [5.74, 6) is -1.17. The third-order valence-corrected chi connectivity index (χ3v) is 4.93. The molecule has 2 rings (SSSR count). The van der Waals surface area contributed by atoms with Gasteiger partial charge in [0.15, 0.2) is 0 Å². The molecule has 1 unspecified atom stereocenters. The lowest BCUT2D eigenvalue weighted by atomic mass is 9.76. The summed E-state index contributed by atoms with van der Waals surface area (Å²) in [5.41, 5.74) is -1.65. The van der Waals surface area contributed by atoms with Crippen LogP contribution in [0.3, 0.4) is 0 Å². The first-order valence-electron chi connectivity index (χ1n) is 8.50. The monoisotopic (exact) mass is 306 g/mol. The van der Waals surface area contributed by atoms with Gasteiger partial charge in [0.05, 0.1) is 0 Å². The molecule has 1 atom stereocenters. The number of rotatable bonds is 4. The topological polar surface area (TPSA) is 79.2 Å². The summed E-state index contributed by atoms with van der Waals surface area (Å²) in [4.78, 5) is 24.3. The maximum Gasteiger partial charge on any atom is 0.304 e. The minimum atomic E-state index is -1.65. The van der Waals surface area contributed by atoms with E-state index in [-0.39, 0.29) is 12.0 Å². The highest BCUT2D eigenvalue weighted by molar-refractivity contribution is 5.91. The van der Waals surface area contributed by atoms with Crippen molar-refractivity contribution in [3.63, 3.8) is 0 Å². The molecule has 0 bridgehead atoms. The first-order valence-corrected chi connectivity index (χ1v) is 8.50. The van der Waals surface area contributed by atoms with Crippen LogP contribution in [0.5, 0.6) is 0 Å². The predicted molar refractivity (Wildman–Crippen MR) is 81.7 cm³/mol. The number of amides is 1. The zero-order valence-corrected chi connectivity index (χ0v) is 13.4. The molecular weight excluding hydrogens is 280 g/mol. The van der Waals surface area contributed by atoms with Crippen molar-refractivity contribution in [2.75, 3.05) is 0 Å². The van der Waals surface area contributed by atoms with E-state index in [0.29, 0.717) is 0 Å². The van der Waals surface area contributed by atoms with Crippen molar-refractivity contribution in [3.05, 3.63) is 0 Å². The quantitative estimate of drug-likeness (QED) is 0.810. The Balaban J connectivity index is 2.15. The van der Waals surface area contributed by atoms with Crippen LogP contribution in [0.2, 0.25) is 0 Å². The Morgan fingerprint density at radius 2 is 1.59 bits per heavy atom. The summed E-state index contributed by atoms with van der Waals surface area (Å²) in [6.07, 6.45) is 9.87. The van der Waals surface area contributed by atoms with Gasteiger partial charge in [0.25, 0.3) is 11.5 Å². The summed E-state index contributed by atoms with van der Waals surface area (Å²) in [6.45, 7) is 1.27. The van der Waals surface area contributed by atoms with E-state index in [4.69, 9.17) is 4.74 Å². The smallest absolute Gasteiger partial charge is 0.304 e. The van der Waals surface area contributed by atoms with E-state index < -0.39 is 17.5 Å². The number of hydrogen-bond acceptors (Lipinski definition) is 4. The number of nitrogens with zero attached hydrogens (tertiary/aromatic N) is 1. The van der Waals surface area contributed by atoms with E-state index in [2.05, 4.69) is 11.4 Å². The summed E-state index contributed by atoms with van der Waals surface area (Å²) in [7, 11) is 0. The molecule has 22 heavy (non-hydrogen) atoms. The van der Waals surface area contributed by atoms with Gasteiger partial charge < -0.3 is 10.1 Å². The van der Waals surface area contributed by atoms with Gasteiger partial charge in [0.1, 0.15) is 6.07 Å². The SMILES string of the molecule is CC(=O)OC(C#N)(C(=O)NC1CCCCC1)C1CCCCC1. The molecule has 5 heteroatoms. The number of hydrogen-bond donors (Lipinski definition) is 1. The van der Waals surface area contributed by atoms with Crippen molar-refractivity contribution in [2.45, 2.75) is 82.8 Å². The molecule has 0 heterocycles. The van der Waals surface area contributed by atoms with Gasteiger partial charge in [0, 0.05) is 18.9 Å². The molecule has 5 nitrogen and oxygen atoms in total. The van der Waals surface area contributed by atoms with Gasteiger partial charge in [-0.1, -0.05) is 38.5 Å². The van der Waals surface area contributed by atoms with Gasteiger partial charge in [0.2, 0.25) is 0 Å². The second-order valence-corrected chi connectivity index (χ2v) is 6.58. The highest BCUT2D eigenvalue weighted by Gasteiger charge is 2.50. The van der Waals surface area contributed by atoms with Gasteiger partial charge in [-0.05, 0) is 25.7 Å². The van der Waals surface area contributed by atoms with Crippen molar-refractivity contribution in [1.82, 2.24) is 5.32 Å². The van der Waals surface area contributed by atoms with Crippen molar-refractivity contribution in [3.8, 4) is 6.07 Å². The first-order chi connectivity index (χ1) is 10.6. The molecule has 0 aromatic rings. The van der Waals surface area contributed by atoms with E-state index in [9.17, 15) is 14.9 Å². The fourth-order valence-electron chi connectivity index (χ4n) is 3.76. The largest absolute Gasteiger partial charge is 0.434 e. The van der Waals surface area contributed by atoms with Gasteiger partial charge in [-0.2, -0.15) is 5.26 Å². The van der Waals surface area contributed by atoms with Crippen molar-refractivity contribution < 1.29 is 14.3 Å². The van der Waals surface area contributed by atoms with Crippen LogP contribution in [0.4, 0.5) is 0 Å². The third-order valence-electron chi connectivity index (χ3n) is 4.93. The molecule has 1 amide bonds. The summed E-state index contributed by atoms with van der Waals surface area (Å²) < 4.78 is 5.32. The van der Waals surface area contributed by atoms with E-state index in [1.807, 2.05) is 0 Å². The van der Waals surface area contributed by atoms with Crippen LogP contribution in [-0.2, 0) is 14.3 Å². The summed E-state index contributed by atoms with van der Waals surface area (Å²) in [6, 6.07) is 2.16. The van der Waals surface area contributed by atoms with Crippen LogP contribution >= 0.6 is 0 Å². The number of carbonyl (C=O) groups excluding carboxylic acids is 2. The average Bonchev–Trinajstić information content (AvgIpc) is 2.54. The van der Waals surface area contributed by atoms with E-state index >= 15 is 0 Å². The molecule has 0 spiro atoms. The molecule has 0 aromatic carbocycles. The second-order valence-electron chi connectivity index (χ2n) is 6.58. The first kappa shape index (κ1) is 16.8. The Labute approximate surface area is 132 Å².